The van der Waals surface area contributed by atoms with E-state index in [0.717, 1.165) is 44.5 Å². The van der Waals surface area contributed by atoms with Crippen molar-refractivity contribution in [1.29, 1.82) is 5.26 Å². The van der Waals surface area contributed by atoms with Crippen molar-refractivity contribution in [2.45, 2.75) is 43.7 Å². The number of benzene rings is 2. The molecule has 3 heterocycles. The molecule has 3 aliphatic rings. The number of amides is 1. The highest BCUT2D eigenvalue weighted by atomic mass is 16.6. The molecule has 0 saturated carbocycles. The maximum absolute atomic E-state index is 12.6. The standard InChI is InChI=1S/C29H35N3O5/c30-17-22-6-7-27-28(16-22)37-24(19-35-27)18-31-12-8-21(9-13-31)10-14-32-26(20-36-29(32)34)25(11-15-33)23-4-2-1-3-5-23/h1-7,16,21,24-26,33H,8-15,18-20H2/t24-,25?,26-/m0/s1. The Morgan fingerprint density at radius 3 is 2.62 bits per heavy atom. The van der Waals surface area contributed by atoms with Gasteiger partial charge in [0.2, 0.25) is 0 Å². The Morgan fingerprint density at radius 2 is 1.86 bits per heavy atom. The topological polar surface area (TPSA) is 95.3 Å². The fourth-order valence-corrected chi connectivity index (χ4v) is 5.82. The van der Waals surface area contributed by atoms with Crippen molar-refractivity contribution in [3.63, 3.8) is 0 Å². The summed E-state index contributed by atoms with van der Waals surface area (Å²) in [6.45, 7) is 4.41. The second-order valence-corrected chi connectivity index (χ2v) is 10.2. The molecule has 1 unspecified atom stereocenters. The largest absolute Gasteiger partial charge is 0.486 e. The van der Waals surface area contributed by atoms with Gasteiger partial charge in [-0.25, -0.2) is 4.79 Å². The molecule has 0 bridgehead atoms. The molecule has 196 valence electrons. The number of carbonyl (C=O) groups is 1. The first-order chi connectivity index (χ1) is 18.1. The number of aliphatic hydroxyl groups is 1. The van der Waals surface area contributed by atoms with Gasteiger partial charge in [0.15, 0.2) is 11.5 Å². The summed E-state index contributed by atoms with van der Waals surface area (Å²) < 4.78 is 17.4. The average Bonchev–Trinajstić information content (AvgIpc) is 3.31. The van der Waals surface area contributed by atoms with Crippen molar-refractivity contribution in [2.24, 2.45) is 5.92 Å². The molecule has 3 atom stereocenters. The third-order valence-electron chi connectivity index (χ3n) is 7.88. The molecule has 1 N–H and O–H groups in total. The molecule has 37 heavy (non-hydrogen) atoms. The van der Waals surface area contributed by atoms with Gasteiger partial charge < -0.3 is 24.2 Å². The molecule has 8 nitrogen and oxygen atoms in total. The minimum atomic E-state index is -0.240. The van der Waals surface area contributed by atoms with Gasteiger partial charge >= 0.3 is 6.09 Å². The fourth-order valence-electron chi connectivity index (χ4n) is 5.82. The molecular weight excluding hydrogens is 470 g/mol. The quantitative estimate of drug-likeness (QED) is 0.554. The van der Waals surface area contributed by atoms with Gasteiger partial charge in [-0.3, -0.25) is 4.90 Å². The van der Waals surface area contributed by atoms with Crippen molar-refractivity contribution < 1.29 is 24.1 Å². The van der Waals surface area contributed by atoms with Crippen LogP contribution in [0.25, 0.3) is 0 Å². The molecule has 3 aliphatic heterocycles. The van der Waals surface area contributed by atoms with E-state index in [4.69, 9.17) is 19.5 Å². The summed E-state index contributed by atoms with van der Waals surface area (Å²) in [5.74, 6) is 1.96. The summed E-state index contributed by atoms with van der Waals surface area (Å²) in [7, 11) is 0. The number of fused-ring (bicyclic) bond motifs is 1. The van der Waals surface area contributed by atoms with Crippen molar-refractivity contribution in [1.82, 2.24) is 9.80 Å². The van der Waals surface area contributed by atoms with E-state index >= 15 is 0 Å². The summed E-state index contributed by atoms with van der Waals surface area (Å²) >= 11 is 0. The van der Waals surface area contributed by atoms with Crippen molar-refractivity contribution in [3.05, 3.63) is 59.7 Å². The summed E-state index contributed by atoms with van der Waals surface area (Å²) in [5.41, 5.74) is 1.71. The van der Waals surface area contributed by atoms with Crippen molar-refractivity contribution >= 4 is 6.09 Å². The van der Waals surface area contributed by atoms with E-state index in [-0.39, 0.29) is 30.8 Å². The first-order valence-electron chi connectivity index (χ1n) is 13.3. The van der Waals surface area contributed by atoms with Crippen LogP contribution in [0.4, 0.5) is 4.79 Å². The lowest BCUT2D eigenvalue weighted by Gasteiger charge is -2.36. The van der Waals surface area contributed by atoms with Crippen LogP contribution >= 0.6 is 0 Å². The molecule has 2 aromatic carbocycles. The first-order valence-corrected chi connectivity index (χ1v) is 13.3. The summed E-state index contributed by atoms with van der Waals surface area (Å²) in [5, 5.41) is 18.8. The van der Waals surface area contributed by atoms with Crippen LogP contribution in [0, 0.1) is 17.2 Å². The van der Waals surface area contributed by atoms with E-state index in [1.807, 2.05) is 23.1 Å². The van der Waals surface area contributed by atoms with Crippen LogP contribution in [0.3, 0.4) is 0 Å². The number of rotatable bonds is 9. The fraction of sp³-hybridized carbons (Fsp3) is 0.517. The van der Waals surface area contributed by atoms with Crippen LogP contribution in [-0.2, 0) is 4.74 Å². The second-order valence-electron chi connectivity index (χ2n) is 10.2. The number of hydrogen-bond donors (Lipinski definition) is 1. The Bertz CT molecular complexity index is 1100. The number of carbonyl (C=O) groups excluding carboxylic acids is 1. The zero-order chi connectivity index (χ0) is 25.6. The van der Waals surface area contributed by atoms with Gasteiger partial charge in [-0.2, -0.15) is 5.26 Å². The second kappa shape index (κ2) is 11.8. The normalized spacial score (nSPS) is 22.9. The van der Waals surface area contributed by atoms with Crippen LogP contribution in [0.2, 0.25) is 0 Å². The van der Waals surface area contributed by atoms with Gasteiger partial charge in [-0.05, 0) is 62.4 Å². The smallest absolute Gasteiger partial charge is 0.410 e. The Labute approximate surface area is 218 Å². The van der Waals surface area contributed by atoms with E-state index in [9.17, 15) is 9.90 Å². The molecule has 0 spiro atoms. The van der Waals surface area contributed by atoms with E-state index in [0.29, 0.717) is 49.2 Å². The monoisotopic (exact) mass is 505 g/mol. The maximum atomic E-state index is 12.6. The predicted molar refractivity (Wildman–Crippen MR) is 138 cm³/mol. The molecule has 0 radical (unpaired) electrons. The van der Waals surface area contributed by atoms with Crippen LogP contribution in [0.5, 0.6) is 11.5 Å². The summed E-state index contributed by atoms with van der Waals surface area (Å²) in [6.07, 6.45) is 3.42. The minimum Gasteiger partial charge on any atom is -0.486 e. The number of cyclic esters (lactones) is 1. The molecule has 8 heteroatoms. The Balaban J connectivity index is 1.10. The Hall–Kier alpha value is -3.28. The molecule has 2 aromatic rings. The number of hydrogen-bond acceptors (Lipinski definition) is 7. The number of ether oxygens (including phenoxy) is 3. The summed E-state index contributed by atoms with van der Waals surface area (Å²) in [6, 6.07) is 17.5. The van der Waals surface area contributed by atoms with Crippen molar-refractivity contribution in [3.8, 4) is 17.6 Å². The lowest BCUT2D eigenvalue weighted by molar-refractivity contribution is 0.0465. The lowest BCUT2D eigenvalue weighted by atomic mass is 9.88. The zero-order valence-corrected chi connectivity index (χ0v) is 21.1. The number of nitriles is 1. The van der Waals surface area contributed by atoms with Gasteiger partial charge in [0.05, 0.1) is 17.7 Å². The lowest BCUT2D eigenvalue weighted by Crippen LogP contribution is -2.45. The van der Waals surface area contributed by atoms with E-state index in [1.165, 1.54) is 0 Å². The molecular formula is C29H35N3O5. The number of piperidine rings is 1. The zero-order valence-electron chi connectivity index (χ0n) is 21.1. The molecule has 2 saturated heterocycles. The van der Waals surface area contributed by atoms with Crippen LogP contribution < -0.4 is 9.47 Å². The van der Waals surface area contributed by atoms with Crippen LogP contribution in [-0.4, -0.2) is 79.1 Å². The molecule has 2 fully saturated rings. The maximum Gasteiger partial charge on any atom is 0.410 e. The van der Waals surface area contributed by atoms with Crippen LogP contribution in [0.15, 0.2) is 48.5 Å². The first kappa shape index (κ1) is 25.4. The van der Waals surface area contributed by atoms with E-state index in [2.05, 4.69) is 23.1 Å². The SMILES string of the molecule is N#Cc1ccc2c(c1)O[C@@H](CN1CCC(CCN3C(=O)OC[C@H]3C(CCO)c3ccccc3)CC1)CO2. The van der Waals surface area contributed by atoms with Gasteiger partial charge in [0, 0.05) is 31.7 Å². The molecule has 1 amide bonds. The van der Waals surface area contributed by atoms with E-state index < -0.39 is 0 Å². The third kappa shape index (κ3) is 6.00. The van der Waals surface area contributed by atoms with Crippen LogP contribution in [0.1, 0.15) is 42.7 Å². The van der Waals surface area contributed by atoms with Gasteiger partial charge in [0.1, 0.15) is 19.3 Å². The Morgan fingerprint density at radius 1 is 1.05 bits per heavy atom. The molecule has 0 aliphatic carbocycles. The van der Waals surface area contributed by atoms with E-state index in [1.54, 1.807) is 18.2 Å². The molecule has 0 aromatic heterocycles. The van der Waals surface area contributed by atoms with Gasteiger partial charge in [-0.1, -0.05) is 30.3 Å². The highest BCUT2D eigenvalue weighted by Gasteiger charge is 2.39. The highest BCUT2D eigenvalue weighted by molar-refractivity contribution is 5.70. The van der Waals surface area contributed by atoms with Crippen molar-refractivity contribution in [2.75, 3.05) is 46.0 Å². The molecule has 5 rings (SSSR count). The third-order valence-corrected chi connectivity index (χ3v) is 7.88. The number of nitrogens with zero attached hydrogens (tertiary/aromatic N) is 3. The highest BCUT2D eigenvalue weighted by Crippen LogP contribution is 2.34. The Kier molecular flexibility index (Phi) is 8.12. The predicted octanol–water partition coefficient (Wildman–Crippen LogP) is 3.79. The van der Waals surface area contributed by atoms with Gasteiger partial charge in [-0.15, -0.1) is 0 Å². The average molecular weight is 506 g/mol. The van der Waals surface area contributed by atoms with Gasteiger partial charge in [0.25, 0.3) is 0 Å². The number of likely N-dealkylation sites (tertiary alicyclic amines) is 1. The minimum absolute atomic E-state index is 0.0463. The summed E-state index contributed by atoms with van der Waals surface area (Å²) in [4.78, 5) is 16.9. The number of aliphatic hydroxyl groups excluding tert-OH is 1.